The van der Waals surface area contributed by atoms with Crippen LogP contribution in [0.5, 0.6) is 5.75 Å². The van der Waals surface area contributed by atoms with E-state index in [9.17, 15) is 4.79 Å². The van der Waals surface area contributed by atoms with Crippen LogP contribution < -0.4 is 20.3 Å². The van der Waals surface area contributed by atoms with E-state index in [1.54, 1.807) is 7.11 Å². The Morgan fingerprint density at radius 3 is 2.57 bits per heavy atom. The third-order valence-electron chi connectivity index (χ3n) is 5.10. The Kier molecular flexibility index (Phi) is 5.79. The Balaban J connectivity index is 1.45. The first-order chi connectivity index (χ1) is 14.6. The highest BCUT2D eigenvalue weighted by Crippen LogP contribution is 2.26. The minimum absolute atomic E-state index is 0.341. The van der Waals surface area contributed by atoms with Gasteiger partial charge in [0.05, 0.1) is 18.5 Å². The lowest BCUT2D eigenvalue weighted by Gasteiger charge is -2.15. The number of rotatable bonds is 5. The Hall–Kier alpha value is -3.61. The first-order valence-electron chi connectivity index (χ1n) is 10.0. The summed E-state index contributed by atoms with van der Waals surface area (Å²) in [5.74, 6) is 1.52. The number of anilines is 3. The van der Waals surface area contributed by atoms with Crippen LogP contribution in [0.4, 0.5) is 22.0 Å². The minimum Gasteiger partial charge on any atom is -0.495 e. The zero-order valence-corrected chi connectivity index (χ0v) is 17.2. The van der Waals surface area contributed by atoms with E-state index in [1.165, 1.54) is 12.8 Å². The Morgan fingerprint density at radius 1 is 1.00 bits per heavy atom. The number of aromatic nitrogens is 2. The number of aryl methyl sites for hydroxylation is 1. The fourth-order valence-corrected chi connectivity index (χ4v) is 3.55. The zero-order valence-electron chi connectivity index (χ0n) is 17.2. The van der Waals surface area contributed by atoms with Gasteiger partial charge in [-0.05, 0) is 61.7 Å². The molecule has 0 spiro atoms. The predicted octanol–water partition coefficient (Wildman–Crippen LogP) is 4.70. The summed E-state index contributed by atoms with van der Waals surface area (Å²) in [5.41, 5.74) is 3.98. The van der Waals surface area contributed by atoms with Crippen molar-refractivity contribution >= 4 is 23.2 Å². The molecular weight excluding hydrogens is 378 g/mol. The molecular formula is C23H25N5O2. The molecule has 1 aliphatic rings. The molecule has 3 aromatic rings. The molecule has 1 aromatic heterocycles. The molecule has 0 saturated carbocycles. The highest BCUT2D eigenvalue weighted by molar-refractivity contribution is 6.01. The van der Waals surface area contributed by atoms with Crippen molar-refractivity contribution in [3.63, 3.8) is 0 Å². The van der Waals surface area contributed by atoms with E-state index in [0.29, 0.717) is 17.1 Å². The summed E-state index contributed by atoms with van der Waals surface area (Å²) in [7, 11) is 1.58. The summed E-state index contributed by atoms with van der Waals surface area (Å²) >= 11 is 0. The molecule has 0 aliphatic carbocycles. The van der Waals surface area contributed by atoms with E-state index in [0.717, 1.165) is 35.7 Å². The van der Waals surface area contributed by atoms with E-state index in [4.69, 9.17) is 4.74 Å². The molecule has 7 nitrogen and oxygen atoms in total. The highest BCUT2D eigenvalue weighted by Gasteiger charge is 2.14. The van der Waals surface area contributed by atoms with Gasteiger partial charge in [0.2, 0.25) is 0 Å². The van der Waals surface area contributed by atoms with Crippen LogP contribution in [0.2, 0.25) is 0 Å². The van der Waals surface area contributed by atoms with Crippen molar-refractivity contribution in [2.45, 2.75) is 19.8 Å². The number of nitrogens with one attached hydrogen (secondary N) is 2. The Bertz CT molecular complexity index is 1030. The lowest BCUT2D eigenvalue weighted by atomic mass is 10.1. The van der Waals surface area contributed by atoms with Gasteiger partial charge < -0.3 is 20.3 Å². The van der Waals surface area contributed by atoms with E-state index in [2.05, 4.69) is 25.7 Å². The molecule has 0 bridgehead atoms. The number of carbonyl (C=O) groups is 1. The van der Waals surface area contributed by atoms with E-state index in [-0.39, 0.29) is 6.03 Å². The number of ether oxygens (including phenoxy) is 1. The number of benzene rings is 2. The molecule has 2 aromatic carbocycles. The molecule has 0 atom stereocenters. The maximum atomic E-state index is 12.5. The van der Waals surface area contributed by atoms with Gasteiger partial charge >= 0.3 is 6.03 Å². The molecule has 4 rings (SSSR count). The van der Waals surface area contributed by atoms with Gasteiger partial charge in [0.25, 0.3) is 0 Å². The first kappa shape index (κ1) is 19.7. The molecule has 154 valence electrons. The molecule has 30 heavy (non-hydrogen) atoms. The second kappa shape index (κ2) is 8.82. The summed E-state index contributed by atoms with van der Waals surface area (Å²) in [6.45, 7) is 4.03. The van der Waals surface area contributed by atoms with Gasteiger partial charge in [0.15, 0.2) is 5.82 Å². The van der Waals surface area contributed by atoms with Crippen molar-refractivity contribution in [2.75, 3.05) is 35.7 Å². The van der Waals surface area contributed by atoms with Crippen LogP contribution >= 0.6 is 0 Å². The maximum Gasteiger partial charge on any atom is 0.323 e. The average Bonchev–Trinajstić information content (AvgIpc) is 3.29. The SMILES string of the molecule is COc1ccc(C)cc1NC(=O)Nc1cccc(-c2ccc(N3CCCC3)nn2)c1. The van der Waals surface area contributed by atoms with Gasteiger partial charge in [0.1, 0.15) is 5.75 Å². The predicted molar refractivity (Wildman–Crippen MR) is 119 cm³/mol. The number of hydrogen-bond donors (Lipinski definition) is 2. The third-order valence-corrected chi connectivity index (χ3v) is 5.10. The Morgan fingerprint density at radius 2 is 1.83 bits per heavy atom. The van der Waals surface area contributed by atoms with Crippen molar-refractivity contribution in [3.05, 3.63) is 60.2 Å². The average molecular weight is 403 g/mol. The zero-order chi connectivity index (χ0) is 20.9. The van der Waals surface area contributed by atoms with Gasteiger partial charge in [0, 0.05) is 24.3 Å². The molecule has 2 heterocycles. The van der Waals surface area contributed by atoms with E-state index < -0.39 is 0 Å². The smallest absolute Gasteiger partial charge is 0.323 e. The number of nitrogens with zero attached hydrogens (tertiary/aromatic N) is 3. The number of urea groups is 1. The third kappa shape index (κ3) is 4.51. The van der Waals surface area contributed by atoms with Crippen LogP contribution in [0.1, 0.15) is 18.4 Å². The van der Waals surface area contributed by atoms with Crippen LogP contribution in [0.3, 0.4) is 0 Å². The van der Waals surface area contributed by atoms with Crippen molar-refractivity contribution in [1.29, 1.82) is 0 Å². The minimum atomic E-state index is -0.341. The fourth-order valence-electron chi connectivity index (χ4n) is 3.55. The van der Waals surface area contributed by atoms with Crippen LogP contribution in [-0.2, 0) is 0 Å². The van der Waals surface area contributed by atoms with Gasteiger partial charge in [-0.15, -0.1) is 10.2 Å². The summed E-state index contributed by atoms with van der Waals surface area (Å²) < 4.78 is 5.31. The molecule has 0 radical (unpaired) electrons. The summed E-state index contributed by atoms with van der Waals surface area (Å²) in [6.07, 6.45) is 2.40. The monoisotopic (exact) mass is 403 g/mol. The fraction of sp³-hybridized carbons (Fsp3) is 0.261. The first-order valence-corrected chi connectivity index (χ1v) is 10.0. The van der Waals surface area contributed by atoms with Gasteiger partial charge in [-0.25, -0.2) is 4.79 Å². The Labute approximate surface area is 176 Å². The lowest BCUT2D eigenvalue weighted by molar-refractivity contribution is 0.262. The lowest BCUT2D eigenvalue weighted by Crippen LogP contribution is -2.20. The van der Waals surface area contributed by atoms with Crippen LogP contribution in [0.15, 0.2) is 54.6 Å². The quantitative estimate of drug-likeness (QED) is 0.645. The molecule has 7 heteroatoms. The summed E-state index contributed by atoms with van der Waals surface area (Å²) in [6, 6.07) is 16.8. The van der Waals surface area contributed by atoms with Crippen LogP contribution in [0.25, 0.3) is 11.3 Å². The van der Waals surface area contributed by atoms with Crippen molar-refractivity contribution < 1.29 is 9.53 Å². The number of hydrogen-bond acceptors (Lipinski definition) is 5. The molecule has 1 fully saturated rings. The molecule has 0 unspecified atom stereocenters. The molecule has 2 amide bonds. The van der Waals surface area contributed by atoms with Gasteiger partial charge in [-0.2, -0.15) is 0 Å². The second-order valence-corrected chi connectivity index (χ2v) is 7.33. The van der Waals surface area contributed by atoms with Crippen molar-refractivity contribution in [2.24, 2.45) is 0 Å². The summed E-state index contributed by atoms with van der Waals surface area (Å²) in [4.78, 5) is 14.7. The van der Waals surface area contributed by atoms with E-state index >= 15 is 0 Å². The topological polar surface area (TPSA) is 79.4 Å². The molecule has 1 aliphatic heterocycles. The second-order valence-electron chi connectivity index (χ2n) is 7.33. The number of amides is 2. The largest absolute Gasteiger partial charge is 0.495 e. The van der Waals surface area contributed by atoms with Gasteiger partial charge in [-0.3, -0.25) is 0 Å². The maximum absolute atomic E-state index is 12.5. The molecule has 2 N–H and O–H groups in total. The number of methoxy groups -OCH3 is 1. The van der Waals surface area contributed by atoms with Gasteiger partial charge in [-0.1, -0.05) is 18.2 Å². The van der Waals surface area contributed by atoms with Crippen LogP contribution in [0, 0.1) is 6.92 Å². The van der Waals surface area contributed by atoms with Crippen molar-refractivity contribution in [3.8, 4) is 17.0 Å². The highest BCUT2D eigenvalue weighted by atomic mass is 16.5. The van der Waals surface area contributed by atoms with Crippen molar-refractivity contribution in [1.82, 2.24) is 10.2 Å². The van der Waals surface area contributed by atoms with Crippen LogP contribution in [-0.4, -0.2) is 36.4 Å². The molecule has 1 saturated heterocycles. The normalized spacial score (nSPS) is 13.2. The standard InChI is InChI=1S/C23H25N5O2/c1-16-8-10-21(30-2)20(14-16)25-23(29)24-18-7-5-6-17(15-18)19-9-11-22(27-26-19)28-12-3-4-13-28/h5-11,14-15H,3-4,12-13H2,1-2H3,(H2,24,25,29). The van der Waals surface area contributed by atoms with E-state index in [1.807, 2.05) is 61.5 Å². The summed E-state index contributed by atoms with van der Waals surface area (Å²) in [5, 5.41) is 14.5. The number of carbonyl (C=O) groups excluding carboxylic acids is 1.